The van der Waals surface area contributed by atoms with Crippen LogP contribution in [0.3, 0.4) is 0 Å². The molecule has 0 aliphatic heterocycles. The second kappa shape index (κ2) is 3.66. The van der Waals surface area contributed by atoms with Gasteiger partial charge in [0.2, 0.25) is 0 Å². The smallest absolute Gasteiger partial charge is 0.383 e. The Morgan fingerprint density at radius 2 is 2.12 bits per heavy atom. The maximum Gasteiger partial charge on any atom is 0.406 e. The Balaban J connectivity index is 2.67. The molecule has 4 nitrogen and oxygen atoms in total. The molecule has 0 radical (unpaired) electrons. The number of halogens is 3. The summed E-state index contributed by atoms with van der Waals surface area (Å²) in [7, 11) is 0. The second-order valence-electron chi connectivity index (χ2n) is 3.39. The second-order valence-corrected chi connectivity index (χ2v) is 3.39. The summed E-state index contributed by atoms with van der Waals surface area (Å²) < 4.78 is 37.9. The monoisotopic (exact) mass is 240 g/mol. The lowest BCUT2D eigenvalue weighted by atomic mass is 10.2. The lowest BCUT2D eigenvalue weighted by Crippen LogP contribution is -2.17. The predicted octanol–water partition coefficient (Wildman–Crippen LogP) is 1.56. The van der Waals surface area contributed by atoms with Gasteiger partial charge in [0.25, 0.3) is 0 Å². The normalized spacial score (nSPS) is 11.6. The van der Waals surface area contributed by atoms with E-state index >= 15 is 0 Å². The largest absolute Gasteiger partial charge is 0.406 e. The summed E-state index contributed by atoms with van der Waals surface area (Å²) in [6, 6.07) is 0. The molecular weight excluding hydrogens is 233 g/mol. The molecule has 0 unspecified atom stereocenters. The summed E-state index contributed by atoms with van der Waals surface area (Å²) in [5.74, 6) is 2.34. The van der Waals surface area contributed by atoms with E-state index in [4.69, 9.17) is 12.2 Å². The van der Waals surface area contributed by atoms with E-state index in [1.54, 1.807) is 0 Å². The maximum atomic E-state index is 12.3. The zero-order chi connectivity index (χ0) is 12.6. The van der Waals surface area contributed by atoms with Gasteiger partial charge in [-0.15, -0.1) is 6.42 Å². The Kier molecular flexibility index (Phi) is 2.42. The topological polar surface area (TPSA) is 56.7 Å². The van der Waals surface area contributed by atoms with Crippen molar-refractivity contribution in [2.45, 2.75) is 12.7 Å². The number of nitrogens with two attached hydrogens (primary N) is 1. The van der Waals surface area contributed by atoms with Crippen molar-refractivity contribution in [3.05, 3.63) is 18.1 Å². The molecular formula is C10H7F3N4. The minimum absolute atomic E-state index is 0.0730. The molecule has 0 aromatic carbocycles. The third kappa shape index (κ3) is 2.01. The third-order valence-corrected chi connectivity index (χ3v) is 2.19. The summed E-state index contributed by atoms with van der Waals surface area (Å²) in [6.07, 6.45) is 3.16. The zero-order valence-corrected chi connectivity index (χ0v) is 8.49. The maximum absolute atomic E-state index is 12.3. The quantitative estimate of drug-likeness (QED) is 0.769. The van der Waals surface area contributed by atoms with Gasteiger partial charge >= 0.3 is 6.18 Å². The lowest BCUT2D eigenvalue weighted by Gasteiger charge is -2.07. The number of aromatic nitrogens is 3. The first-order valence-electron chi connectivity index (χ1n) is 4.55. The van der Waals surface area contributed by atoms with Crippen molar-refractivity contribution in [1.29, 1.82) is 0 Å². The SMILES string of the molecule is C#Cc1cn(CC(F)(F)F)c2ncnc(N)c12. The average Bonchev–Trinajstić information content (AvgIpc) is 2.56. The molecule has 2 heterocycles. The lowest BCUT2D eigenvalue weighted by molar-refractivity contribution is -0.139. The Hall–Kier alpha value is -2.23. The highest BCUT2D eigenvalue weighted by Gasteiger charge is 2.29. The molecule has 0 saturated carbocycles. The van der Waals surface area contributed by atoms with Crippen molar-refractivity contribution < 1.29 is 13.2 Å². The molecule has 0 aliphatic carbocycles. The van der Waals surface area contributed by atoms with E-state index in [2.05, 4.69) is 15.9 Å². The number of alkyl halides is 3. The summed E-state index contributed by atoms with van der Waals surface area (Å²) in [5.41, 5.74) is 5.91. The van der Waals surface area contributed by atoms with Gasteiger partial charge in [-0.25, -0.2) is 9.97 Å². The van der Waals surface area contributed by atoms with Crippen LogP contribution in [0.1, 0.15) is 5.56 Å². The Morgan fingerprint density at radius 1 is 1.41 bits per heavy atom. The summed E-state index contributed by atoms with van der Waals surface area (Å²) >= 11 is 0. The van der Waals surface area contributed by atoms with Crippen molar-refractivity contribution in [3.8, 4) is 12.3 Å². The van der Waals surface area contributed by atoms with Gasteiger partial charge in [-0.1, -0.05) is 5.92 Å². The number of rotatable bonds is 1. The van der Waals surface area contributed by atoms with Crippen LogP contribution in [0.15, 0.2) is 12.5 Å². The molecule has 2 aromatic heterocycles. The van der Waals surface area contributed by atoms with Gasteiger partial charge in [0.05, 0.1) is 10.9 Å². The number of nitrogens with zero attached hydrogens (tertiary/aromatic N) is 3. The van der Waals surface area contributed by atoms with Crippen LogP contribution >= 0.6 is 0 Å². The van der Waals surface area contributed by atoms with Crippen LogP contribution in [0.25, 0.3) is 11.0 Å². The number of terminal acetylenes is 1. The molecule has 2 rings (SSSR count). The first-order valence-corrected chi connectivity index (χ1v) is 4.55. The fourth-order valence-electron chi connectivity index (χ4n) is 1.57. The molecule has 17 heavy (non-hydrogen) atoms. The number of nitrogen functional groups attached to an aromatic ring is 1. The number of anilines is 1. The molecule has 0 amide bonds. The molecule has 0 atom stereocenters. The first kappa shape index (κ1) is 11.3. The van der Waals surface area contributed by atoms with E-state index in [1.807, 2.05) is 0 Å². The summed E-state index contributed by atoms with van der Waals surface area (Å²) in [6.45, 7) is -1.17. The Morgan fingerprint density at radius 3 is 2.71 bits per heavy atom. The van der Waals surface area contributed by atoms with Gasteiger partial charge in [0.15, 0.2) is 0 Å². The number of hydrogen-bond donors (Lipinski definition) is 1. The molecule has 0 spiro atoms. The highest BCUT2D eigenvalue weighted by molar-refractivity contribution is 5.92. The van der Waals surface area contributed by atoms with E-state index in [-0.39, 0.29) is 22.4 Å². The van der Waals surface area contributed by atoms with Crippen LogP contribution in [-0.2, 0) is 6.54 Å². The van der Waals surface area contributed by atoms with Crippen LogP contribution in [-0.4, -0.2) is 20.7 Å². The van der Waals surface area contributed by atoms with E-state index in [0.29, 0.717) is 0 Å². The minimum atomic E-state index is -4.35. The van der Waals surface area contributed by atoms with Crippen molar-refractivity contribution in [3.63, 3.8) is 0 Å². The van der Waals surface area contributed by atoms with Crippen LogP contribution < -0.4 is 5.73 Å². The van der Waals surface area contributed by atoms with Crippen molar-refractivity contribution in [2.75, 3.05) is 5.73 Å². The van der Waals surface area contributed by atoms with Gasteiger partial charge in [-0.2, -0.15) is 13.2 Å². The number of hydrogen-bond acceptors (Lipinski definition) is 3. The molecule has 88 valence electrons. The zero-order valence-electron chi connectivity index (χ0n) is 8.49. The number of fused-ring (bicyclic) bond motifs is 1. The molecule has 0 fully saturated rings. The van der Waals surface area contributed by atoms with Crippen LogP contribution in [0.2, 0.25) is 0 Å². The minimum Gasteiger partial charge on any atom is -0.383 e. The fraction of sp³-hybridized carbons (Fsp3) is 0.200. The van der Waals surface area contributed by atoms with Gasteiger partial charge in [0.1, 0.15) is 24.3 Å². The molecule has 0 aliphatic rings. The molecule has 0 saturated heterocycles. The Labute approximate surface area is 94.3 Å². The average molecular weight is 240 g/mol. The molecule has 2 N–H and O–H groups in total. The van der Waals surface area contributed by atoms with Gasteiger partial charge in [-0.3, -0.25) is 0 Å². The standard InChI is InChI=1S/C10H7F3N4/c1-2-6-3-17(4-10(11,12)13)9-7(6)8(14)15-5-16-9/h1,3,5H,4H2,(H2,14,15,16). The highest BCUT2D eigenvalue weighted by Crippen LogP contribution is 2.26. The van der Waals surface area contributed by atoms with E-state index in [0.717, 1.165) is 10.9 Å². The van der Waals surface area contributed by atoms with E-state index in [9.17, 15) is 13.2 Å². The molecule has 0 bridgehead atoms. The summed E-state index contributed by atoms with van der Waals surface area (Å²) in [5, 5.41) is 0.277. The van der Waals surface area contributed by atoms with E-state index < -0.39 is 12.7 Å². The van der Waals surface area contributed by atoms with E-state index in [1.165, 1.54) is 6.20 Å². The van der Waals surface area contributed by atoms with Gasteiger partial charge in [0, 0.05) is 6.20 Å². The van der Waals surface area contributed by atoms with Crippen LogP contribution in [0, 0.1) is 12.3 Å². The van der Waals surface area contributed by atoms with Crippen LogP contribution in [0.4, 0.5) is 19.0 Å². The fourth-order valence-corrected chi connectivity index (χ4v) is 1.57. The van der Waals surface area contributed by atoms with Crippen LogP contribution in [0.5, 0.6) is 0 Å². The van der Waals surface area contributed by atoms with Crippen molar-refractivity contribution in [2.24, 2.45) is 0 Å². The van der Waals surface area contributed by atoms with Crippen molar-refractivity contribution >= 4 is 16.9 Å². The Bertz CT molecular complexity index is 606. The third-order valence-electron chi connectivity index (χ3n) is 2.19. The first-order chi connectivity index (χ1) is 7.92. The van der Waals surface area contributed by atoms with Gasteiger partial charge < -0.3 is 10.3 Å². The molecule has 2 aromatic rings. The predicted molar refractivity (Wildman–Crippen MR) is 55.9 cm³/mol. The van der Waals surface area contributed by atoms with Gasteiger partial charge in [-0.05, 0) is 0 Å². The summed E-state index contributed by atoms with van der Waals surface area (Å²) in [4.78, 5) is 7.47. The van der Waals surface area contributed by atoms with Crippen molar-refractivity contribution in [1.82, 2.24) is 14.5 Å². The molecule has 7 heteroatoms. The highest BCUT2D eigenvalue weighted by atomic mass is 19.4.